The summed E-state index contributed by atoms with van der Waals surface area (Å²) in [6, 6.07) is 70.1. The van der Waals surface area contributed by atoms with Gasteiger partial charge < -0.3 is 9.80 Å². The second-order valence-electron chi connectivity index (χ2n) is 13.8. The van der Waals surface area contributed by atoms with Gasteiger partial charge in [0, 0.05) is 31.0 Å². The van der Waals surface area contributed by atoms with Crippen molar-refractivity contribution in [3.8, 4) is 22.3 Å². The second-order valence-corrected chi connectivity index (χ2v) is 16.0. The molecule has 0 aromatic heterocycles. The van der Waals surface area contributed by atoms with Crippen molar-refractivity contribution in [1.29, 1.82) is 0 Å². The zero-order valence-corrected chi connectivity index (χ0v) is 32.1. The van der Waals surface area contributed by atoms with Gasteiger partial charge in [0.25, 0.3) is 0 Å². The maximum atomic E-state index is 2.40. The Kier molecular flexibility index (Phi) is 9.12. The summed E-state index contributed by atoms with van der Waals surface area (Å²) in [5.74, 6) is 0. The molecule has 8 aromatic carbocycles. The Hall–Kier alpha value is -6.46. The molecule has 0 radical (unpaired) electrons. The topological polar surface area (TPSA) is 6.48 Å². The molecule has 0 bridgehead atoms. The number of anilines is 6. The molecule has 2 aliphatic rings. The van der Waals surface area contributed by atoms with Gasteiger partial charge in [0.15, 0.2) is 0 Å². The number of nitrogens with zero attached hydrogens (tertiary/aromatic N) is 2. The molecule has 0 aliphatic carbocycles. The number of fused-ring (bicyclic) bond motifs is 4. The van der Waals surface area contributed by atoms with E-state index in [0.29, 0.717) is 0 Å². The van der Waals surface area contributed by atoms with Crippen LogP contribution >= 0.6 is 23.5 Å². The summed E-state index contributed by atoms with van der Waals surface area (Å²) >= 11 is 3.68. The van der Waals surface area contributed by atoms with Crippen LogP contribution in [0.15, 0.2) is 226 Å². The Morgan fingerprint density at radius 2 is 0.679 bits per heavy atom. The van der Waals surface area contributed by atoms with E-state index in [4.69, 9.17) is 0 Å². The summed E-state index contributed by atoms with van der Waals surface area (Å²) in [5, 5.41) is 0. The summed E-state index contributed by atoms with van der Waals surface area (Å²) in [7, 11) is 0. The second kappa shape index (κ2) is 15.0. The van der Waals surface area contributed by atoms with Crippen LogP contribution in [0.4, 0.5) is 34.1 Å². The van der Waals surface area contributed by atoms with Gasteiger partial charge in [-0.3, -0.25) is 0 Å². The van der Waals surface area contributed by atoms with Crippen LogP contribution in [-0.2, 0) is 0 Å². The maximum Gasteiger partial charge on any atom is 0.0602 e. The third-order valence-corrected chi connectivity index (χ3v) is 12.5. The van der Waals surface area contributed by atoms with Gasteiger partial charge >= 0.3 is 0 Å². The minimum absolute atomic E-state index is 1.14. The Morgan fingerprint density at radius 1 is 0.304 bits per heavy atom. The molecular formula is C52H36N2S2. The Morgan fingerprint density at radius 3 is 1.20 bits per heavy atom. The van der Waals surface area contributed by atoms with Crippen LogP contribution in [0.2, 0.25) is 0 Å². The van der Waals surface area contributed by atoms with E-state index in [9.17, 15) is 0 Å². The molecule has 56 heavy (non-hydrogen) atoms. The van der Waals surface area contributed by atoms with Crippen molar-refractivity contribution in [2.45, 2.75) is 19.6 Å². The maximum absolute atomic E-state index is 2.40. The van der Waals surface area contributed by atoms with Crippen LogP contribution in [0.3, 0.4) is 0 Å². The first kappa shape index (κ1) is 34.1. The highest BCUT2D eigenvalue weighted by atomic mass is 32.2. The lowest BCUT2D eigenvalue weighted by Crippen LogP contribution is -2.14. The van der Waals surface area contributed by atoms with E-state index in [-0.39, 0.29) is 0 Å². The number of para-hydroxylation sites is 3. The van der Waals surface area contributed by atoms with E-state index in [2.05, 4.69) is 222 Å². The van der Waals surface area contributed by atoms with Gasteiger partial charge in [-0.05, 0) is 106 Å². The normalized spacial score (nSPS) is 13.0. The van der Waals surface area contributed by atoms with Crippen LogP contribution < -0.4 is 9.80 Å². The Bertz CT molecular complexity index is 2690. The molecular weight excluding hydrogens is 717 g/mol. The molecule has 0 spiro atoms. The van der Waals surface area contributed by atoms with Crippen molar-refractivity contribution in [3.63, 3.8) is 0 Å². The van der Waals surface area contributed by atoms with Crippen molar-refractivity contribution < 1.29 is 0 Å². The highest BCUT2D eigenvalue weighted by Crippen LogP contribution is 2.53. The summed E-state index contributed by atoms with van der Waals surface area (Å²) < 4.78 is 0. The molecule has 0 atom stereocenters. The van der Waals surface area contributed by atoms with Crippen molar-refractivity contribution in [2.24, 2.45) is 0 Å². The SMILES string of the molecule is C(/C=C/c1ccc(-c2ccc3c(c2)Sc2ccccc2N3c2ccc(-c3ccc(N4c5ccccc5Sc5ccccc54)cc3)cc2)cc1)=C\c1ccccc1. The largest absolute Gasteiger partial charge is 0.308 e. The Labute approximate surface area is 337 Å². The molecule has 10 rings (SSSR count). The summed E-state index contributed by atoms with van der Waals surface area (Å²) in [4.78, 5) is 9.81. The van der Waals surface area contributed by atoms with Gasteiger partial charge in [0.2, 0.25) is 0 Å². The molecule has 2 nitrogen and oxygen atoms in total. The highest BCUT2D eigenvalue weighted by Gasteiger charge is 2.26. The zero-order chi connectivity index (χ0) is 37.3. The minimum atomic E-state index is 1.14. The molecule has 2 heterocycles. The smallest absolute Gasteiger partial charge is 0.0602 e. The molecule has 0 amide bonds. The molecule has 0 unspecified atom stereocenters. The molecule has 0 fully saturated rings. The first-order valence-corrected chi connectivity index (χ1v) is 20.5. The van der Waals surface area contributed by atoms with Crippen LogP contribution in [0.25, 0.3) is 34.4 Å². The molecule has 0 saturated carbocycles. The van der Waals surface area contributed by atoms with E-state index in [1.54, 1.807) is 0 Å². The highest BCUT2D eigenvalue weighted by molar-refractivity contribution is 8.00. The molecule has 0 saturated heterocycles. The number of rotatable bonds is 7. The van der Waals surface area contributed by atoms with E-state index < -0.39 is 0 Å². The van der Waals surface area contributed by atoms with Crippen molar-refractivity contribution in [3.05, 3.63) is 217 Å². The van der Waals surface area contributed by atoms with E-state index in [0.717, 1.165) is 11.4 Å². The van der Waals surface area contributed by atoms with Gasteiger partial charge in [-0.25, -0.2) is 0 Å². The standard InChI is InChI=1S/C52H36N2S2/c1-2-12-37(13-3-1)14-4-5-15-38-22-24-41(25-23-38)42-30-35-48-52(36-42)56-51-21-11-8-18-47(51)54(48)44-33-28-40(29-34-44)39-26-31-43(32-27-39)53-45-16-6-9-19-49(45)55-50-20-10-7-17-46(50)53/h1-36H/b14-4+,15-5+. The van der Waals surface area contributed by atoms with Crippen LogP contribution in [0.1, 0.15) is 11.1 Å². The minimum Gasteiger partial charge on any atom is -0.308 e. The molecule has 2 aliphatic heterocycles. The van der Waals surface area contributed by atoms with Crippen molar-refractivity contribution in [1.82, 2.24) is 0 Å². The van der Waals surface area contributed by atoms with Gasteiger partial charge in [0.1, 0.15) is 0 Å². The van der Waals surface area contributed by atoms with Gasteiger partial charge in [-0.2, -0.15) is 0 Å². The van der Waals surface area contributed by atoms with Gasteiger partial charge in [-0.15, -0.1) is 0 Å². The monoisotopic (exact) mass is 752 g/mol. The predicted molar refractivity (Wildman–Crippen MR) is 239 cm³/mol. The van der Waals surface area contributed by atoms with Crippen molar-refractivity contribution in [2.75, 3.05) is 9.80 Å². The van der Waals surface area contributed by atoms with Gasteiger partial charge in [-0.1, -0.05) is 169 Å². The van der Waals surface area contributed by atoms with E-state index >= 15 is 0 Å². The zero-order valence-electron chi connectivity index (χ0n) is 30.5. The molecule has 8 aromatic rings. The Balaban J connectivity index is 0.903. The van der Waals surface area contributed by atoms with Crippen LogP contribution in [0, 0.1) is 0 Å². The molecule has 266 valence electrons. The lowest BCUT2D eigenvalue weighted by atomic mass is 10.0. The third kappa shape index (κ3) is 6.64. The quantitative estimate of drug-likeness (QED) is 0.150. The lowest BCUT2D eigenvalue weighted by molar-refractivity contribution is 1.16. The van der Waals surface area contributed by atoms with Crippen molar-refractivity contribution >= 4 is 69.8 Å². The average molecular weight is 753 g/mol. The summed E-state index contributed by atoms with van der Waals surface area (Å²) in [6.45, 7) is 0. The molecule has 0 N–H and O–H groups in total. The average Bonchev–Trinajstić information content (AvgIpc) is 3.27. The van der Waals surface area contributed by atoms with E-state index in [1.165, 1.54) is 75.7 Å². The lowest BCUT2D eigenvalue weighted by Gasteiger charge is -2.33. The van der Waals surface area contributed by atoms with Gasteiger partial charge in [0.05, 0.1) is 22.7 Å². The fraction of sp³-hybridized carbons (Fsp3) is 0. The summed E-state index contributed by atoms with van der Waals surface area (Å²) in [6.07, 6.45) is 8.46. The third-order valence-electron chi connectivity index (χ3n) is 10.3. The first-order chi connectivity index (χ1) is 27.7. The number of hydrogen-bond donors (Lipinski definition) is 0. The summed E-state index contributed by atoms with van der Waals surface area (Å²) in [5.41, 5.74) is 14.3. The number of benzene rings is 8. The number of hydrogen-bond acceptors (Lipinski definition) is 4. The molecule has 4 heteroatoms. The number of allylic oxidation sites excluding steroid dienone is 2. The fourth-order valence-corrected chi connectivity index (χ4v) is 9.64. The fourth-order valence-electron chi connectivity index (χ4n) is 7.49. The first-order valence-electron chi connectivity index (χ1n) is 18.8. The van der Waals surface area contributed by atoms with Crippen LogP contribution in [-0.4, -0.2) is 0 Å². The van der Waals surface area contributed by atoms with E-state index in [1.807, 2.05) is 29.6 Å². The van der Waals surface area contributed by atoms with Crippen LogP contribution in [0.5, 0.6) is 0 Å². The predicted octanol–water partition coefficient (Wildman–Crippen LogP) is 15.6.